The van der Waals surface area contributed by atoms with Crippen LogP contribution in [0.2, 0.25) is 15.1 Å². The normalized spacial score (nSPS) is 12.0. The van der Waals surface area contributed by atoms with Crippen LogP contribution in [-0.4, -0.2) is 63.9 Å². The number of benzene rings is 4. The zero-order valence-electron chi connectivity index (χ0n) is 41.0. The zero-order valence-corrected chi connectivity index (χ0v) is 45.7. The van der Waals surface area contributed by atoms with E-state index in [1.54, 1.807) is 51.5 Å². The number of aromatic nitrogens is 4. The second kappa shape index (κ2) is 20.4. The van der Waals surface area contributed by atoms with Gasteiger partial charge in [-0.1, -0.05) is 111 Å². The van der Waals surface area contributed by atoms with E-state index in [-0.39, 0.29) is 10.6 Å². The van der Waals surface area contributed by atoms with Gasteiger partial charge in [-0.25, -0.2) is 23.5 Å². The van der Waals surface area contributed by atoms with Crippen molar-refractivity contribution in [3.63, 3.8) is 0 Å². The Balaban J connectivity index is 0.000000224. The molecule has 0 fully saturated rings. The number of methoxy groups -OCH3 is 1. The van der Waals surface area contributed by atoms with E-state index < -0.39 is 37.7 Å². The van der Waals surface area contributed by atoms with Gasteiger partial charge >= 0.3 is 26.5 Å². The van der Waals surface area contributed by atoms with E-state index in [2.05, 4.69) is 102 Å². The summed E-state index contributed by atoms with van der Waals surface area (Å²) in [6.07, 6.45) is 5.43. The van der Waals surface area contributed by atoms with Crippen LogP contribution in [0, 0.1) is 10.5 Å². The fourth-order valence-electron chi connectivity index (χ4n) is 8.37. The molecule has 4 aromatic heterocycles. The van der Waals surface area contributed by atoms with Crippen LogP contribution < -0.4 is 14.8 Å². The highest BCUT2D eigenvalue weighted by Crippen LogP contribution is 2.43. The summed E-state index contributed by atoms with van der Waals surface area (Å²) in [4.78, 5) is 47.5. The molecule has 0 unspecified atom stereocenters. The largest absolute Gasteiger partial charge is 0.534 e. The maximum Gasteiger partial charge on any atom is 0.419 e. The molecule has 0 atom stereocenters. The van der Waals surface area contributed by atoms with Crippen molar-refractivity contribution < 1.29 is 33.0 Å². The second-order valence-electron chi connectivity index (χ2n) is 19.7. The van der Waals surface area contributed by atoms with Gasteiger partial charge in [-0.3, -0.25) is 9.97 Å². The quantitative estimate of drug-likeness (QED) is 0.0664. The van der Waals surface area contributed by atoms with Crippen LogP contribution in [0.25, 0.3) is 44.3 Å². The lowest BCUT2D eigenvalue weighted by Crippen LogP contribution is -2.68. The summed E-state index contributed by atoms with van der Waals surface area (Å²) in [5, 5.41) is 3.21. The van der Waals surface area contributed by atoms with Gasteiger partial charge in [0.2, 0.25) is 0 Å². The van der Waals surface area contributed by atoms with Gasteiger partial charge < -0.3 is 18.6 Å². The van der Waals surface area contributed by atoms with Crippen molar-refractivity contribution in [1.29, 1.82) is 0 Å². The van der Waals surface area contributed by atoms with Crippen LogP contribution in [-0.2, 0) is 14.2 Å². The van der Waals surface area contributed by atoms with E-state index in [9.17, 15) is 14.4 Å². The lowest BCUT2D eigenvalue weighted by molar-refractivity contribution is 0.0531. The van der Waals surface area contributed by atoms with Crippen molar-refractivity contribution in [2.45, 2.75) is 85.5 Å². The van der Waals surface area contributed by atoms with Crippen LogP contribution in [0.3, 0.4) is 0 Å². The molecule has 70 heavy (non-hydrogen) atoms. The van der Waals surface area contributed by atoms with E-state index >= 15 is 0 Å². The Morgan fingerprint density at radius 1 is 0.600 bits per heavy atom. The molecule has 0 bridgehead atoms. The molecule has 362 valence electrons. The topological polar surface area (TPSA) is 124 Å². The molecule has 4 aromatic carbocycles. The van der Waals surface area contributed by atoms with Crippen LogP contribution in [0.1, 0.15) is 78.2 Å². The molecule has 0 spiro atoms. The maximum absolute atomic E-state index is 13.4. The Kier molecular flexibility index (Phi) is 15.1. The standard InChI is InChI=1S/C34H34ClIN2O3Si.C21H21ClN2O4/c1-33(2,3)40-32(39)38-22-28(36)30-31(38)26(19-20-37-30)27-21-23(35)17-18-29(27)41-42(34(4,5)6,24-13-9-7-10-14-24)25-15-11-8-12-16-25;1-12-6-7-13(22)10-15(12)14-8-9-23-17-16(19(25)27-5)11-24(18(14)17)20(26)28-21(2,3)4/h7-22H,1-6H3;6-11H,1-5H3. The molecule has 0 aliphatic heterocycles. The molecule has 8 aromatic rings. The van der Waals surface area contributed by atoms with E-state index in [4.69, 9.17) is 41.8 Å². The fourth-order valence-corrected chi connectivity index (χ4v) is 13.8. The van der Waals surface area contributed by atoms with Crippen LogP contribution in [0.15, 0.2) is 134 Å². The average molecular weight is 1110 g/mol. The summed E-state index contributed by atoms with van der Waals surface area (Å²) in [5.41, 5.74) is 5.07. The number of halogens is 3. The number of hydrogen-bond acceptors (Lipinski definition) is 9. The Labute approximate surface area is 433 Å². The van der Waals surface area contributed by atoms with Crippen LogP contribution >= 0.6 is 45.8 Å². The minimum Gasteiger partial charge on any atom is -0.534 e. The molecule has 11 nitrogen and oxygen atoms in total. The van der Waals surface area contributed by atoms with Gasteiger partial charge in [-0.15, -0.1) is 0 Å². The van der Waals surface area contributed by atoms with Gasteiger partial charge in [0, 0.05) is 51.5 Å². The third-order valence-electron chi connectivity index (χ3n) is 11.3. The van der Waals surface area contributed by atoms with E-state index in [1.165, 1.54) is 22.4 Å². The summed E-state index contributed by atoms with van der Waals surface area (Å²) < 4.78 is 27.3. The number of fused-ring (bicyclic) bond motifs is 2. The Morgan fingerprint density at radius 3 is 1.59 bits per heavy atom. The molecule has 0 N–H and O–H groups in total. The molecule has 8 rings (SSSR count). The molecule has 0 radical (unpaired) electrons. The highest BCUT2D eigenvalue weighted by atomic mass is 127. The highest BCUT2D eigenvalue weighted by Gasteiger charge is 2.52. The molecule has 15 heteroatoms. The Bertz CT molecular complexity index is 3210. The third kappa shape index (κ3) is 10.8. The molecule has 0 aliphatic carbocycles. The molecule has 0 aliphatic rings. The number of carbonyl (C=O) groups is 3. The number of aryl methyl sites for hydroxylation is 1. The molecule has 0 saturated heterocycles. The van der Waals surface area contributed by atoms with Crippen molar-refractivity contribution in [1.82, 2.24) is 19.1 Å². The van der Waals surface area contributed by atoms with Gasteiger partial charge in [-0.05, 0) is 140 Å². The Hall–Kier alpha value is -6.00. The van der Waals surface area contributed by atoms with Crippen LogP contribution in [0.4, 0.5) is 9.59 Å². The van der Waals surface area contributed by atoms with Crippen molar-refractivity contribution >= 4 is 105 Å². The number of nitrogens with zero attached hydrogens (tertiary/aromatic N) is 4. The summed E-state index contributed by atoms with van der Waals surface area (Å²) >= 11 is 15.1. The van der Waals surface area contributed by atoms with Crippen molar-refractivity contribution in [2.75, 3.05) is 7.11 Å². The molecular formula is C55H55Cl2IN4O7Si. The molecule has 0 amide bonds. The first-order valence-corrected chi connectivity index (χ1v) is 26.3. The minimum atomic E-state index is -2.96. The summed E-state index contributed by atoms with van der Waals surface area (Å²) in [5.74, 6) is 0.105. The zero-order chi connectivity index (χ0) is 50.9. The second-order valence-corrected chi connectivity index (χ2v) is 25.9. The van der Waals surface area contributed by atoms with Gasteiger partial charge in [0.05, 0.1) is 21.7 Å². The van der Waals surface area contributed by atoms with Crippen molar-refractivity contribution in [3.05, 3.63) is 159 Å². The van der Waals surface area contributed by atoms with Gasteiger partial charge in [0.1, 0.15) is 33.5 Å². The molecule has 4 heterocycles. The van der Waals surface area contributed by atoms with E-state index in [0.29, 0.717) is 43.4 Å². The predicted molar refractivity (Wildman–Crippen MR) is 291 cm³/mol. The number of carbonyl (C=O) groups excluding carboxylic acids is 3. The first kappa shape index (κ1) is 51.8. The Morgan fingerprint density at radius 2 is 1.07 bits per heavy atom. The number of rotatable bonds is 7. The lowest BCUT2D eigenvalue weighted by atomic mass is 10.00. The SMILES string of the molecule is CC(C)(C)OC(=O)n1cc(I)c2nccc(-c3cc(Cl)ccc3O[Si](c3ccccc3)(c3ccccc3)C(C)(C)C)c21.COC(=O)c1cn(C(=O)OC(C)(C)C)c2c(-c3cc(Cl)ccc3C)ccnc12. The first-order chi connectivity index (χ1) is 32.9. The van der Waals surface area contributed by atoms with Gasteiger partial charge in [0.25, 0.3) is 0 Å². The van der Waals surface area contributed by atoms with Crippen molar-refractivity contribution in [3.8, 4) is 28.0 Å². The first-order valence-electron chi connectivity index (χ1n) is 22.5. The van der Waals surface area contributed by atoms with E-state index in [0.717, 1.165) is 36.2 Å². The predicted octanol–water partition coefficient (Wildman–Crippen LogP) is 13.9. The number of hydrogen-bond donors (Lipinski definition) is 0. The number of pyridine rings is 2. The number of esters is 1. The van der Waals surface area contributed by atoms with Gasteiger partial charge in [0.15, 0.2) is 0 Å². The van der Waals surface area contributed by atoms with E-state index in [1.807, 2.05) is 76.2 Å². The molecular weight excluding hydrogens is 1050 g/mol. The van der Waals surface area contributed by atoms with Crippen LogP contribution in [0.5, 0.6) is 5.75 Å². The van der Waals surface area contributed by atoms with Gasteiger partial charge in [-0.2, -0.15) is 0 Å². The summed E-state index contributed by atoms with van der Waals surface area (Å²) in [6, 6.07) is 35.9. The number of ether oxygens (including phenoxy) is 3. The van der Waals surface area contributed by atoms with Crippen molar-refractivity contribution in [2.24, 2.45) is 0 Å². The smallest absolute Gasteiger partial charge is 0.419 e. The fraction of sp³-hybridized carbons (Fsp3) is 0.255. The third-order valence-corrected chi connectivity index (χ3v) is 17.5. The lowest BCUT2D eigenvalue weighted by Gasteiger charge is -2.43. The highest BCUT2D eigenvalue weighted by molar-refractivity contribution is 14.1. The maximum atomic E-state index is 13.4. The summed E-state index contributed by atoms with van der Waals surface area (Å²) in [7, 11) is -1.68. The average Bonchev–Trinajstić information content (AvgIpc) is 3.87. The molecule has 0 saturated carbocycles. The monoisotopic (exact) mass is 1110 g/mol. The minimum absolute atomic E-state index is 0.185. The summed E-state index contributed by atoms with van der Waals surface area (Å²) in [6.45, 7) is 19.6.